The first kappa shape index (κ1) is 19.0. The van der Waals surface area contributed by atoms with E-state index in [4.69, 9.17) is 9.47 Å². The van der Waals surface area contributed by atoms with Gasteiger partial charge in [0, 0.05) is 4.47 Å². The van der Waals surface area contributed by atoms with Crippen molar-refractivity contribution in [3.8, 4) is 17.6 Å². The van der Waals surface area contributed by atoms with E-state index in [1.165, 1.54) is 20.3 Å². The van der Waals surface area contributed by atoms with E-state index in [2.05, 4.69) is 15.9 Å². The summed E-state index contributed by atoms with van der Waals surface area (Å²) in [6.45, 7) is 0. The first-order valence-corrected chi connectivity index (χ1v) is 9.66. The third kappa shape index (κ3) is 4.62. The number of sulfone groups is 1. The van der Waals surface area contributed by atoms with Crippen LogP contribution in [0.5, 0.6) is 11.5 Å². The molecule has 0 aliphatic heterocycles. The van der Waals surface area contributed by atoms with E-state index in [9.17, 15) is 13.7 Å². The van der Waals surface area contributed by atoms with E-state index < -0.39 is 9.84 Å². The van der Waals surface area contributed by atoms with E-state index in [1.807, 2.05) is 0 Å². The van der Waals surface area contributed by atoms with Gasteiger partial charge in [0.05, 0.1) is 25.5 Å². The van der Waals surface area contributed by atoms with E-state index in [-0.39, 0.29) is 10.7 Å². The quantitative estimate of drug-likeness (QED) is 0.659. The molecule has 0 radical (unpaired) electrons. The Hall–Kier alpha value is -2.30. The summed E-state index contributed by atoms with van der Waals surface area (Å²) >= 11 is 3.30. The predicted octanol–water partition coefficient (Wildman–Crippen LogP) is 3.95. The first-order chi connectivity index (χ1) is 11.9. The van der Waals surface area contributed by atoms with Gasteiger partial charge in [-0.05, 0) is 35.9 Å². The molecule has 0 unspecified atom stereocenters. The fraction of sp³-hybridized carbons (Fsp3) is 0.167. The predicted molar refractivity (Wildman–Crippen MR) is 99.9 cm³/mol. The van der Waals surface area contributed by atoms with Crippen molar-refractivity contribution in [3.05, 3.63) is 63.0 Å². The van der Waals surface area contributed by atoms with Crippen molar-refractivity contribution >= 4 is 31.8 Å². The zero-order chi connectivity index (χ0) is 18.4. The molecule has 0 amide bonds. The lowest BCUT2D eigenvalue weighted by Crippen LogP contribution is -2.07. The van der Waals surface area contributed by atoms with Gasteiger partial charge in [-0.25, -0.2) is 8.42 Å². The molecule has 0 atom stereocenters. The summed E-state index contributed by atoms with van der Waals surface area (Å²) in [7, 11) is -0.879. The minimum atomic E-state index is -3.81. The molecule has 7 heteroatoms. The minimum absolute atomic E-state index is 0.267. The lowest BCUT2D eigenvalue weighted by atomic mass is 10.1. The lowest BCUT2D eigenvalue weighted by molar-refractivity contribution is 0.392. The number of benzene rings is 2. The molecule has 0 spiro atoms. The van der Waals surface area contributed by atoms with Crippen LogP contribution in [0.3, 0.4) is 0 Å². The van der Waals surface area contributed by atoms with Crippen molar-refractivity contribution in [1.29, 1.82) is 5.26 Å². The van der Waals surface area contributed by atoms with Crippen LogP contribution in [0.25, 0.3) is 6.08 Å². The molecule has 0 saturated heterocycles. The smallest absolute Gasteiger partial charge is 0.192 e. The summed E-state index contributed by atoms with van der Waals surface area (Å²) in [4.78, 5) is -0.349. The van der Waals surface area contributed by atoms with Crippen molar-refractivity contribution < 1.29 is 17.9 Å². The fourth-order valence-corrected chi connectivity index (χ4v) is 3.71. The minimum Gasteiger partial charge on any atom is -0.496 e. The number of nitrogens with zero attached hydrogens (tertiary/aromatic N) is 1. The highest BCUT2D eigenvalue weighted by atomic mass is 79.9. The molecule has 0 heterocycles. The van der Waals surface area contributed by atoms with Crippen LogP contribution in [0.4, 0.5) is 0 Å². The molecule has 5 nitrogen and oxygen atoms in total. The van der Waals surface area contributed by atoms with Gasteiger partial charge < -0.3 is 9.47 Å². The van der Waals surface area contributed by atoms with Gasteiger partial charge in [0.2, 0.25) is 0 Å². The molecule has 25 heavy (non-hydrogen) atoms. The van der Waals surface area contributed by atoms with E-state index >= 15 is 0 Å². The normalized spacial score (nSPS) is 11.7. The molecule has 2 rings (SSSR count). The number of halogens is 1. The van der Waals surface area contributed by atoms with Crippen LogP contribution in [0, 0.1) is 11.3 Å². The highest BCUT2D eigenvalue weighted by Crippen LogP contribution is 2.31. The maximum absolute atomic E-state index is 12.6. The zero-order valence-corrected chi connectivity index (χ0v) is 16.1. The summed E-state index contributed by atoms with van der Waals surface area (Å²) in [6.07, 6.45) is 1.28. The average Bonchev–Trinajstić information content (AvgIpc) is 2.60. The van der Waals surface area contributed by atoms with E-state index in [1.54, 1.807) is 48.5 Å². The molecule has 0 N–H and O–H groups in total. The molecule has 0 bridgehead atoms. The van der Waals surface area contributed by atoms with E-state index in [0.29, 0.717) is 22.6 Å². The zero-order valence-electron chi connectivity index (χ0n) is 13.7. The topological polar surface area (TPSA) is 76.4 Å². The Morgan fingerprint density at radius 2 is 1.68 bits per heavy atom. The van der Waals surface area contributed by atoms with Crippen LogP contribution in [0.1, 0.15) is 11.1 Å². The summed E-state index contributed by atoms with van der Waals surface area (Å²) in [6, 6.07) is 13.7. The number of allylic oxidation sites excluding steroid dienone is 1. The highest BCUT2D eigenvalue weighted by Gasteiger charge is 2.20. The Morgan fingerprint density at radius 3 is 2.16 bits per heavy atom. The molecule has 0 aliphatic carbocycles. The van der Waals surface area contributed by atoms with Crippen LogP contribution in [0.2, 0.25) is 0 Å². The van der Waals surface area contributed by atoms with Crippen LogP contribution in [-0.2, 0) is 15.6 Å². The summed E-state index contributed by atoms with van der Waals surface area (Å²) in [5.41, 5.74) is 1.000. The summed E-state index contributed by atoms with van der Waals surface area (Å²) in [5.74, 6) is 0.578. The Bertz CT molecular complexity index is 906. The molecule has 0 aromatic heterocycles. The van der Waals surface area contributed by atoms with Gasteiger partial charge in [-0.3, -0.25) is 0 Å². The van der Waals surface area contributed by atoms with Gasteiger partial charge >= 0.3 is 0 Å². The maximum Gasteiger partial charge on any atom is 0.192 e. The number of methoxy groups -OCH3 is 2. The molecular formula is C18H16BrNO4S. The van der Waals surface area contributed by atoms with Gasteiger partial charge in [0.25, 0.3) is 0 Å². The van der Waals surface area contributed by atoms with Gasteiger partial charge in [0.1, 0.15) is 22.5 Å². The van der Waals surface area contributed by atoms with Crippen LogP contribution in [-0.4, -0.2) is 22.6 Å². The van der Waals surface area contributed by atoms with Gasteiger partial charge in [-0.1, -0.05) is 34.1 Å². The second-order valence-corrected chi connectivity index (χ2v) is 7.96. The molecule has 2 aromatic carbocycles. The third-order valence-electron chi connectivity index (χ3n) is 3.46. The van der Waals surface area contributed by atoms with Crippen molar-refractivity contribution in [1.82, 2.24) is 0 Å². The standard InChI is InChI=1S/C18H16BrNO4S/c1-23-17-4-3-5-18(24-2)16(17)10-15(11-20)25(21,22)12-13-6-8-14(19)9-7-13/h3-10H,12H2,1-2H3/b15-10-. The van der Waals surface area contributed by atoms with E-state index in [0.717, 1.165) is 4.47 Å². The molecule has 0 saturated carbocycles. The van der Waals surface area contributed by atoms with Gasteiger partial charge in [0.15, 0.2) is 9.84 Å². The third-order valence-corrected chi connectivity index (χ3v) is 5.58. The molecule has 130 valence electrons. The first-order valence-electron chi connectivity index (χ1n) is 7.21. The molecule has 2 aromatic rings. The SMILES string of the molecule is COc1cccc(OC)c1/C=C(/C#N)S(=O)(=O)Cc1ccc(Br)cc1. The van der Waals surface area contributed by atoms with Crippen molar-refractivity contribution in [2.45, 2.75) is 5.75 Å². The Kier molecular flexibility index (Phi) is 6.23. The van der Waals surface area contributed by atoms with Gasteiger partial charge in [-0.2, -0.15) is 5.26 Å². The monoisotopic (exact) mass is 421 g/mol. The second-order valence-electron chi connectivity index (χ2n) is 5.08. The Morgan fingerprint density at radius 1 is 1.12 bits per heavy atom. The Labute approximate surface area is 155 Å². The van der Waals surface area contributed by atoms with Crippen molar-refractivity contribution in [2.24, 2.45) is 0 Å². The number of hydrogen-bond acceptors (Lipinski definition) is 5. The molecule has 0 aliphatic rings. The number of rotatable bonds is 6. The fourth-order valence-electron chi connectivity index (χ4n) is 2.22. The molecular weight excluding hydrogens is 406 g/mol. The number of ether oxygens (including phenoxy) is 2. The summed E-state index contributed by atoms with van der Waals surface area (Å²) < 4.78 is 36.6. The maximum atomic E-state index is 12.6. The van der Waals surface area contributed by atoms with Crippen molar-refractivity contribution in [2.75, 3.05) is 14.2 Å². The number of hydrogen-bond donors (Lipinski definition) is 0. The Balaban J connectivity index is 2.47. The number of nitriles is 1. The second kappa shape index (κ2) is 8.19. The van der Waals surface area contributed by atoms with Crippen molar-refractivity contribution in [3.63, 3.8) is 0 Å². The van der Waals surface area contributed by atoms with Crippen LogP contribution in [0.15, 0.2) is 51.8 Å². The largest absolute Gasteiger partial charge is 0.496 e. The average molecular weight is 422 g/mol. The van der Waals surface area contributed by atoms with Crippen LogP contribution < -0.4 is 9.47 Å². The lowest BCUT2D eigenvalue weighted by Gasteiger charge is -2.10. The highest BCUT2D eigenvalue weighted by molar-refractivity contribution is 9.10. The summed E-state index contributed by atoms with van der Waals surface area (Å²) in [5, 5.41) is 9.39. The van der Waals surface area contributed by atoms with Gasteiger partial charge in [-0.15, -0.1) is 0 Å². The molecule has 0 fully saturated rings. The van der Waals surface area contributed by atoms with Crippen LogP contribution >= 0.6 is 15.9 Å².